The van der Waals surface area contributed by atoms with Crippen LogP contribution in [0.15, 0.2) is 24.3 Å². The van der Waals surface area contributed by atoms with Crippen LogP contribution < -0.4 is 5.32 Å². The van der Waals surface area contributed by atoms with E-state index in [-0.39, 0.29) is 23.7 Å². The minimum atomic E-state index is -0.265. The van der Waals surface area contributed by atoms with Gasteiger partial charge in [0.05, 0.1) is 6.04 Å². The van der Waals surface area contributed by atoms with Gasteiger partial charge in [-0.25, -0.2) is 4.39 Å². The number of rotatable bonds is 6. The number of amides is 2. The van der Waals surface area contributed by atoms with Crippen molar-refractivity contribution in [3.05, 3.63) is 35.6 Å². The summed E-state index contributed by atoms with van der Waals surface area (Å²) in [6.07, 6.45) is 8.98. The lowest BCUT2D eigenvalue weighted by molar-refractivity contribution is -0.138. The average molecular weight is 416 g/mol. The molecule has 1 atom stereocenters. The molecule has 1 aliphatic heterocycles. The molecule has 0 aromatic heterocycles. The molecule has 2 aliphatic carbocycles. The number of hydrogen-bond donors (Lipinski definition) is 1. The van der Waals surface area contributed by atoms with E-state index in [0.717, 1.165) is 57.4 Å². The van der Waals surface area contributed by atoms with Crippen molar-refractivity contribution in [3.8, 4) is 0 Å². The molecule has 1 unspecified atom stereocenters. The van der Waals surface area contributed by atoms with Crippen LogP contribution in [-0.2, 0) is 16.1 Å². The molecular weight excluding hydrogens is 381 g/mol. The maximum Gasteiger partial charge on any atom is 0.237 e. The fraction of sp³-hybridized carbons (Fsp3) is 0.667. The van der Waals surface area contributed by atoms with E-state index < -0.39 is 0 Å². The first-order valence-corrected chi connectivity index (χ1v) is 11.7. The van der Waals surface area contributed by atoms with Crippen LogP contribution in [0.4, 0.5) is 4.39 Å². The van der Waals surface area contributed by atoms with Gasteiger partial charge in [0.2, 0.25) is 11.8 Å². The Hall–Kier alpha value is -1.95. The van der Waals surface area contributed by atoms with Crippen molar-refractivity contribution >= 4 is 11.8 Å². The second kappa shape index (κ2) is 9.90. The Morgan fingerprint density at radius 2 is 1.53 bits per heavy atom. The molecule has 2 amide bonds. The largest absolute Gasteiger partial charge is 0.351 e. The van der Waals surface area contributed by atoms with Gasteiger partial charge in [0.1, 0.15) is 5.82 Å². The molecular formula is C24H34FN3O2. The minimum absolute atomic E-state index is 0.0711. The fourth-order valence-corrected chi connectivity index (χ4v) is 5.50. The van der Waals surface area contributed by atoms with Crippen LogP contribution in [0.25, 0.3) is 0 Å². The van der Waals surface area contributed by atoms with Gasteiger partial charge in [-0.1, -0.05) is 37.8 Å². The lowest BCUT2D eigenvalue weighted by Gasteiger charge is -2.41. The SMILES string of the molecule is O=C(NCc1ccc(F)cc1)C(C1CCCC1)N1CCN(C(=O)C2CCCC2)CC1. The predicted molar refractivity (Wildman–Crippen MR) is 114 cm³/mol. The summed E-state index contributed by atoms with van der Waals surface area (Å²) in [5, 5.41) is 3.09. The number of benzene rings is 1. The third-order valence-corrected chi connectivity index (χ3v) is 7.22. The number of piperazine rings is 1. The van der Waals surface area contributed by atoms with Crippen molar-refractivity contribution in [1.82, 2.24) is 15.1 Å². The number of carbonyl (C=O) groups excluding carboxylic acids is 2. The lowest BCUT2D eigenvalue weighted by Crippen LogP contribution is -2.58. The van der Waals surface area contributed by atoms with Crippen LogP contribution in [0.2, 0.25) is 0 Å². The molecule has 1 heterocycles. The summed E-state index contributed by atoms with van der Waals surface area (Å²) in [7, 11) is 0. The monoisotopic (exact) mass is 415 g/mol. The standard InChI is InChI=1S/C24H34FN3O2/c25-21-11-9-18(10-12-21)17-26-23(29)22(19-5-1-2-6-19)27-13-15-28(16-14-27)24(30)20-7-3-4-8-20/h9-12,19-20,22H,1-8,13-17H2,(H,26,29). The van der Waals surface area contributed by atoms with Gasteiger partial charge in [-0.05, 0) is 49.3 Å². The minimum Gasteiger partial charge on any atom is -0.351 e. The zero-order valence-corrected chi connectivity index (χ0v) is 17.8. The van der Waals surface area contributed by atoms with E-state index in [1.165, 1.54) is 37.8 Å². The molecule has 1 aromatic rings. The second-order valence-corrected chi connectivity index (χ2v) is 9.18. The molecule has 5 nitrogen and oxygen atoms in total. The Morgan fingerprint density at radius 1 is 0.933 bits per heavy atom. The zero-order chi connectivity index (χ0) is 20.9. The fourth-order valence-electron chi connectivity index (χ4n) is 5.50. The first-order valence-electron chi connectivity index (χ1n) is 11.7. The van der Waals surface area contributed by atoms with Crippen molar-refractivity contribution in [2.24, 2.45) is 11.8 Å². The summed E-state index contributed by atoms with van der Waals surface area (Å²) in [4.78, 5) is 30.3. The molecule has 0 bridgehead atoms. The van der Waals surface area contributed by atoms with E-state index in [1.807, 2.05) is 4.90 Å². The summed E-state index contributed by atoms with van der Waals surface area (Å²) in [5.74, 6) is 0.738. The van der Waals surface area contributed by atoms with Crippen molar-refractivity contribution in [1.29, 1.82) is 0 Å². The molecule has 2 saturated carbocycles. The highest BCUT2D eigenvalue weighted by Gasteiger charge is 2.38. The molecule has 1 aromatic carbocycles. The van der Waals surface area contributed by atoms with Gasteiger partial charge in [0.25, 0.3) is 0 Å². The molecule has 4 rings (SSSR count). The first kappa shape index (κ1) is 21.3. The highest BCUT2D eigenvalue weighted by Crippen LogP contribution is 2.32. The van der Waals surface area contributed by atoms with Crippen LogP contribution >= 0.6 is 0 Å². The topological polar surface area (TPSA) is 52.7 Å². The number of halogens is 1. The highest BCUT2D eigenvalue weighted by atomic mass is 19.1. The van der Waals surface area contributed by atoms with Crippen LogP contribution in [0.3, 0.4) is 0 Å². The number of hydrogen-bond acceptors (Lipinski definition) is 3. The van der Waals surface area contributed by atoms with Crippen LogP contribution in [0.1, 0.15) is 56.9 Å². The van der Waals surface area contributed by atoms with Crippen molar-refractivity contribution < 1.29 is 14.0 Å². The Kier molecular flexibility index (Phi) is 7.03. The van der Waals surface area contributed by atoms with Crippen molar-refractivity contribution in [3.63, 3.8) is 0 Å². The van der Waals surface area contributed by atoms with Crippen LogP contribution in [-0.4, -0.2) is 53.8 Å². The van der Waals surface area contributed by atoms with Crippen LogP contribution in [0, 0.1) is 17.7 Å². The average Bonchev–Trinajstić information content (AvgIpc) is 3.48. The maximum atomic E-state index is 13.2. The third-order valence-electron chi connectivity index (χ3n) is 7.22. The van der Waals surface area contributed by atoms with E-state index in [2.05, 4.69) is 10.2 Å². The smallest absolute Gasteiger partial charge is 0.237 e. The van der Waals surface area contributed by atoms with Gasteiger partial charge in [-0.3, -0.25) is 14.5 Å². The number of carbonyl (C=O) groups is 2. The Labute approximate surface area is 179 Å². The van der Waals surface area contributed by atoms with Crippen molar-refractivity contribution in [2.45, 2.75) is 64.0 Å². The molecule has 1 N–H and O–H groups in total. The molecule has 6 heteroatoms. The summed E-state index contributed by atoms with van der Waals surface area (Å²) in [6, 6.07) is 6.16. The predicted octanol–water partition coefficient (Wildman–Crippen LogP) is 3.34. The quantitative estimate of drug-likeness (QED) is 0.775. The Bertz CT molecular complexity index is 718. The van der Waals surface area contributed by atoms with E-state index in [4.69, 9.17) is 0 Å². The van der Waals surface area contributed by atoms with Gasteiger partial charge in [0.15, 0.2) is 0 Å². The van der Waals surface area contributed by atoms with E-state index in [9.17, 15) is 14.0 Å². The molecule has 3 aliphatic rings. The maximum absolute atomic E-state index is 13.2. The molecule has 0 spiro atoms. The van der Waals surface area contributed by atoms with Gasteiger partial charge >= 0.3 is 0 Å². The Morgan fingerprint density at radius 3 is 2.17 bits per heavy atom. The van der Waals surface area contributed by atoms with Crippen LogP contribution in [0.5, 0.6) is 0 Å². The normalized spacial score (nSPS) is 22.4. The highest BCUT2D eigenvalue weighted by molar-refractivity contribution is 5.82. The molecule has 1 saturated heterocycles. The second-order valence-electron chi connectivity index (χ2n) is 9.18. The molecule has 30 heavy (non-hydrogen) atoms. The van der Waals surface area contributed by atoms with E-state index in [0.29, 0.717) is 18.4 Å². The molecule has 3 fully saturated rings. The van der Waals surface area contributed by atoms with Gasteiger partial charge in [-0.2, -0.15) is 0 Å². The number of nitrogens with one attached hydrogen (secondary N) is 1. The first-order chi connectivity index (χ1) is 14.6. The zero-order valence-electron chi connectivity index (χ0n) is 17.8. The summed E-state index contributed by atoms with van der Waals surface area (Å²) in [6.45, 7) is 3.41. The molecule has 164 valence electrons. The van der Waals surface area contributed by atoms with Gasteiger partial charge < -0.3 is 10.2 Å². The van der Waals surface area contributed by atoms with E-state index >= 15 is 0 Å². The number of nitrogens with zero attached hydrogens (tertiary/aromatic N) is 2. The summed E-state index contributed by atoms with van der Waals surface area (Å²) < 4.78 is 13.1. The summed E-state index contributed by atoms with van der Waals surface area (Å²) >= 11 is 0. The Balaban J connectivity index is 1.35. The van der Waals surface area contributed by atoms with Crippen molar-refractivity contribution in [2.75, 3.05) is 26.2 Å². The third kappa shape index (κ3) is 5.02. The van der Waals surface area contributed by atoms with Gasteiger partial charge in [-0.15, -0.1) is 0 Å². The molecule has 0 radical (unpaired) electrons. The van der Waals surface area contributed by atoms with Gasteiger partial charge in [0, 0.05) is 38.6 Å². The summed E-state index contributed by atoms with van der Waals surface area (Å²) in [5.41, 5.74) is 0.905. The van der Waals surface area contributed by atoms with E-state index in [1.54, 1.807) is 12.1 Å². The lowest BCUT2D eigenvalue weighted by atomic mass is 9.94.